The molecule has 3 nitrogen and oxygen atoms in total. The van der Waals surface area contributed by atoms with Crippen LogP contribution in [-0.4, -0.2) is 29.9 Å². The van der Waals surface area contributed by atoms with Crippen molar-refractivity contribution in [3.8, 4) is 0 Å². The lowest BCUT2D eigenvalue weighted by molar-refractivity contribution is -0.134. The number of carbonyl (C=O) groups excluding carboxylic acids is 1. The summed E-state index contributed by atoms with van der Waals surface area (Å²) in [4.78, 5) is 14.6. The summed E-state index contributed by atoms with van der Waals surface area (Å²) in [5.74, 6) is 0.954. The lowest BCUT2D eigenvalue weighted by Gasteiger charge is -2.33. The van der Waals surface area contributed by atoms with Gasteiger partial charge in [-0.1, -0.05) is 43.7 Å². The highest BCUT2D eigenvalue weighted by Gasteiger charge is 2.28. The summed E-state index contributed by atoms with van der Waals surface area (Å²) in [6.45, 7) is 6.73. The Balaban J connectivity index is 1.98. The first-order valence-electron chi connectivity index (χ1n) is 7.80. The first-order valence-corrected chi connectivity index (χ1v) is 7.80. The van der Waals surface area contributed by atoms with Crippen molar-refractivity contribution in [3.63, 3.8) is 0 Å². The molecular formula is C17H26N2O. The van der Waals surface area contributed by atoms with Gasteiger partial charge in [-0.3, -0.25) is 4.79 Å². The molecule has 1 fully saturated rings. The maximum absolute atomic E-state index is 12.7. The zero-order chi connectivity index (χ0) is 14.4. The molecule has 2 unspecified atom stereocenters. The second-order valence-corrected chi connectivity index (χ2v) is 5.64. The molecule has 1 aromatic rings. The Morgan fingerprint density at radius 1 is 1.30 bits per heavy atom. The first-order chi connectivity index (χ1) is 9.74. The lowest BCUT2D eigenvalue weighted by atomic mass is 9.90. The molecule has 1 amide bonds. The van der Waals surface area contributed by atoms with Crippen LogP contribution in [0.4, 0.5) is 0 Å². The van der Waals surface area contributed by atoms with E-state index in [0.29, 0.717) is 12.5 Å². The normalized spacial score (nSPS) is 22.5. The van der Waals surface area contributed by atoms with Gasteiger partial charge >= 0.3 is 0 Å². The molecule has 1 saturated heterocycles. The van der Waals surface area contributed by atoms with Gasteiger partial charge in [0.25, 0.3) is 0 Å². The van der Waals surface area contributed by atoms with E-state index in [-0.39, 0.29) is 11.9 Å². The predicted molar refractivity (Wildman–Crippen MR) is 82.3 cm³/mol. The van der Waals surface area contributed by atoms with Crippen molar-refractivity contribution >= 4 is 5.91 Å². The molecule has 0 spiro atoms. The molecule has 1 aromatic carbocycles. The molecule has 110 valence electrons. The number of hydrogen-bond acceptors (Lipinski definition) is 2. The average Bonchev–Trinajstić information content (AvgIpc) is 2.53. The summed E-state index contributed by atoms with van der Waals surface area (Å²) in [6, 6.07) is 10.2. The van der Waals surface area contributed by atoms with Crippen molar-refractivity contribution in [2.75, 3.05) is 13.1 Å². The quantitative estimate of drug-likeness (QED) is 0.895. The van der Waals surface area contributed by atoms with Gasteiger partial charge in [0.15, 0.2) is 0 Å². The largest absolute Gasteiger partial charge is 0.337 e. The molecule has 2 rings (SSSR count). The van der Waals surface area contributed by atoms with Crippen LogP contribution in [0.2, 0.25) is 0 Å². The minimum Gasteiger partial charge on any atom is -0.337 e. The van der Waals surface area contributed by atoms with Crippen molar-refractivity contribution in [2.45, 2.75) is 45.7 Å². The Morgan fingerprint density at radius 2 is 2.05 bits per heavy atom. The Kier molecular flexibility index (Phi) is 5.60. The molecular weight excluding hydrogens is 248 g/mol. The highest BCUT2D eigenvalue weighted by molar-refractivity contribution is 5.82. The third-order valence-electron chi connectivity index (χ3n) is 4.30. The van der Waals surface area contributed by atoms with Crippen molar-refractivity contribution in [1.82, 2.24) is 10.2 Å². The molecule has 20 heavy (non-hydrogen) atoms. The predicted octanol–water partition coefficient (Wildman–Crippen LogP) is 2.81. The number of rotatable bonds is 5. The molecule has 1 N–H and O–H groups in total. The summed E-state index contributed by atoms with van der Waals surface area (Å²) in [7, 11) is 0. The second-order valence-electron chi connectivity index (χ2n) is 5.64. The van der Waals surface area contributed by atoms with Crippen LogP contribution >= 0.6 is 0 Å². The minimum absolute atomic E-state index is 0.0114. The van der Waals surface area contributed by atoms with Gasteiger partial charge in [0.1, 0.15) is 0 Å². The van der Waals surface area contributed by atoms with E-state index in [1.807, 2.05) is 23.1 Å². The fourth-order valence-corrected chi connectivity index (χ4v) is 2.92. The van der Waals surface area contributed by atoms with Gasteiger partial charge < -0.3 is 10.2 Å². The topological polar surface area (TPSA) is 32.3 Å². The van der Waals surface area contributed by atoms with E-state index >= 15 is 0 Å². The van der Waals surface area contributed by atoms with Crippen LogP contribution in [0.3, 0.4) is 0 Å². The molecule has 3 heteroatoms. The maximum Gasteiger partial charge on any atom is 0.240 e. The number of carbonyl (C=O) groups is 1. The third kappa shape index (κ3) is 3.83. The highest BCUT2D eigenvalue weighted by Crippen LogP contribution is 2.21. The van der Waals surface area contributed by atoms with Crippen molar-refractivity contribution in [1.29, 1.82) is 0 Å². The monoisotopic (exact) mass is 274 g/mol. The van der Waals surface area contributed by atoms with E-state index in [2.05, 4.69) is 31.3 Å². The zero-order valence-corrected chi connectivity index (χ0v) is 12.6. The first kappa shape index (κ1) is 15.0. The number of amides is 1. The third-order valence-corrected chi connectivity index (χ3v) is 4.30. The standard InChI is InChI=1S/C17H26N2O/c1-3-14-10-11-18-16(12-14)17(20)19(4-2)13-15-8-6-5-7-9-15/h5-9,14,16,18H,3-4,10-13H2,1-2H3. The minimum atomic E-state index is 0.0114. The molecule has 0 aliphatic carbocycles. The number of hydrogen-bond donors (Lipinski definition) is 1. The summed E-state index contributed by atoms with van der Waals surface area (Å²) < 4.78 is 0. The van der Waals surface area contributed by atoms with Crippen LogP contribution < -0.4 is 5.32 Å². The van der Waals surface area contributed by atoms with Gasteiger partial charge in [-0.25, -0.2) is 0 Å². The Bertz CT molecular complexity index is 418. The van der Waals surface area contributed by atoms with Crippen molar-refractivity contribution < 1.29 is 4.79 Å². The molecule has 1 aliphatic heterocycles. The molecule has 1 heterocycles. The van der Waals surface area contributed by atoms with Gasteiger partial charge in [0, 0.05) is 13.1 Å². The van der Waals surface area contributed by atoms with E-state index < -0.39 is 0 Å². The Hall–Kier alpha value is -1.35. The maximum atomic E-state index is 12.7. The summed E-state index contributed by atoms with van der Waals surface area (Å²) in [5, 5.41) is 3.39. The van der Waals surface area contributed by atoms with Crippen LogP contribution in [0.25, 0.3) is 0 Å². The summed E-state index contributed by atoms with van der Waals surface area (Å²) >= 11 is 0. The zero-order valence-electron chi connectivity index (χ0n) is 12.6. The van der Waals surface area contributed by atoms with Crippen LogP contribution in [0.5, 0.6) is 0 Å². The molecule has 2 atom stereocenters. The van der Waals surface area contributed by atoms with Gasteiger partial charge in [-0.2, -0.15) is 0 Å². The average molecular weight is 274 g/mol. The lowest BCUT2D eigenvalue weighted by Crippen LogP contribution is -2.50. The SMILES string of the molecule is CCC1CCNC(C(=O)N(CC)Cc2ccccc2)C1. The fourth-order valence-electron chi connectivity index (χ4n) is 2.92. The van der Waals surface area contributed by atoms with Crippen LogP contribution in [0.1, 0.15) is 38.7 Å². The van der Waals surface area contributed by atoms with E-state index in [4.69, 9.17) is 0 Å². The number of nitrogens with one attached hydrogen (secondary N) is 1. The summed E-state index contributed by atoms with van der Waals surface area (Å²) in [6.07, 6.45) is 3.36. The van der Waals surface area contributed by atoms with Gasteiger partial charge in [-0.15, -0.1) is 0 Å². The van der Waals surface area contributed by atoms with Crippen LogP contribution in [-0.2, 0) is 11.3 Å². The molecule has 0 aromatic heterocycles. The van der Waals surface area contributed by atoms with E-state index in [0.717, 1.165) is 19.5 Å². The Labute approximate surface area is 122 Å². The van der Waals surface area contributed by atoms with Gasteiger partial charge in [0.2, 0.25) is 5.91 Å². The van der Waals surface area contributed by atoms with Gasteiger partial charge in [0.05, 0.1) is 6.04 Å². The fraction of sp³-hybridized carbons (Fsp3) is 0.588. The molecule has 0 saturated carbocycles. The van der Waals surface area contributed by atoms with Crippen LogP contribution in [0, 0.1) is 5.92 Å². The Morgan fingerprint density at radius 3 is 2.70 bits per heavy atom. The number of benzene rings is 1. The second kappa shape index (κ2) is 7.44. The van der Waals surface area contributed by atoms with Crippen molar-refractivity contribution in [2.24, 2.45) is 5.92 Å². The summed E-state index contributed by atoms with van der Waals surface area (Å²) in [5.41, 5.74) is 1.20. The van der Waals surface area contributed by atoms with Crippen LogP contribution in [0.15, 0.2) is 30.3 Å². The highest BCUT2D eigenvalue weighted by atomic mass is 16.2. The molecule has 0 radical (unpaired) electrons. The van der Waals surface area contributed by atoms with E-state index in [1.165, 1.54) is 18.4 Å². The number of piperidine rings is 1. The molecule has 1 aliphatic rings. The van der Waals surface area contributed by atoms with Crippen molar-refractivity contribution in [3.05, 3.63) is 35.9 Å². The van der Waals surface area contributed by atoms with E-state index in [9.17, 15) is 4.79 Å². The molecule has 0 bridgehead atoms. The smallest absolute Gasteiger partial charge is 0.240 e. The number of likely N-dealkylation sites (N-methyl/N-ethyl adjacent to an activating group) is 1. The van der Waals surface area contributed by atoms with E-state index in [1.54, 1.807) is 0 Å². The number of nitrogens with zero attached hydrogens (tertiary/aromatic N) is 1. The van der Waals surface area contributed by atoms with Gasteiger partial charge in [-0.05, 0) is 37.8 Å².